The van der Waals surface area contributed by atoms with E-state index in [4.69, 9.17) is 4.74 Å². The maximum atomic E-state index is 12.0. The zero-order valence-corrected chi connectivity index (χ0v) is 12.0. The van der Waals surface area contributed by atoms with Gasteiger partial charge < -0.3 is 19.6 Å². The Morgan fingerprint density at radius 3 is 2.70 bits per heavy atom. The summed E-state index contributed by atoms with van der Waals surface area (Å²) in [6.45, 7) is 1.29. The highest BCUT2D eigenvalue weighted by Crippen LogP contribution is 2.29. The van der Waals surface area contributed by atoms with Crippen molar-refractivity contribution in [3.05, 3.63) is 35.9 Å². The maximum Gasteiger partial charge on any atom is 0.248 e. The van der Waals surface area contributed by atoms with Crippen molar-refractivity contribution < 1.29 is 14.6 Å². The Morgan fingerprint density at radius 2 is 2.10 bits per heavy atom. The molecule has 0 unspecified atom stereocenters. The first-order valence-electron chi connectivity index (χ1n) is 6.85. The van der Waals surface area contributed by atoms with Crippen LogP contribution in [0.15, 0.2) is 30.3 Å². The number of aliphatic hydroxyl groups excluding tert-OH is 1. The monoisotopic (exact) mass is 278 g/mol. The van der Waals surface area contributed by atoms with Gasteiger partial charge in [-0.15, -0.1) is 0 Å². The molecule has 1 aliphatic rings. The number of benzene rings is 1. The van der Waals surface area contributed by atoms with Crippen molar-refractivity contribution in [2.24, 2.45) is 0 Å². The van der Waals surface area contributed by atoms with Crippen molar-refractivity contribution in [2.45, 2.75) is 12.1 Å². The third-order valence-corrected chi connectivity index (χ3v) is 3.49. The van der Waals surface area contributed by atoms with Crippen LogP contribution in [0.4, 0.5) is 0 Å². The zero-order chi connectivity index (χ0) is 14.5. The number of hydrogen-bond donors (Lipinski definition) is 1. The van der Waals surface area contributed by atoms with Crippen LogP contribution in [0, 0.1) is 0 Å². The van der Waals surface area contributed by atoms with Gasteiger partial charge in [0.1, 0.15) is 6.61 Å². The largest absolute Gasteiger partial charge is 0.387 e. The van der Waals surface area contributed by atoms with Gasteiger partial charge in [-0.05, 0) is 19.7 Å². The number of rotatable bonds is 4. The summed E-state index contributed by atoms with van der Waals surface area (Å²) in [6.07, 6.45) is -0.0864. The highest BCUT2D eigenvalue weighted by atomic mass is 16.5. The van der Waals surface area contributed by atoms with Gasteiger partial charge in [-0.25, -0.2) is 0 Å². The number of hydrogen-bond acceptors (Lipinski definition) is 4. The lowest BCUT2D eigenvalue weighted by Gasteiger charge is -2.42. The molecule has 2 atom stereocenters. The van der Waals surface area contributed by atoms with Crippen LogP contribution in [-0.2, 0) is 9.53 Å². The molecule has 1 fully saturated rings. The average Bonchev–Trinajstić information content (AvgIpc) is 2.46. The Hall–Kier alpha value is -1.43. The van der Waals surface area contributed by atoms with E-state index >= 15 is 0 Å². The number of nitrogens with zero attached hydrogens (tertiary/aromatic N) is 2. The predicted octanol–water partition coefficient (Wildman–Crippen LogP) is 0.509. The van der Waals surface area contributed by atoms with E-state index in [9.17, 15) is 9.90 Å². The summed E-state index contributed by atoms with van der Waals surface area (Å²) in [5.41, 5.74) is 1.04. The van der Waals surface area contributed by atoms with Crippen LogP contribution in [-0.4, -0.2) is 67.3 Å². The van der Waals surface area contributed by atoms with Crippen LogP contribution in [0.5, 0.6) is 0 Å². The summed E-state index contributed by atoms with van der Waals surface area (Å²) in [6, 6.07) is 9.72. The Kier molecular flexibility index (Phi) is 5.11. The lowest BCUT2D eigenvalue weighted by Crippen LogP contribution is -2.51. The van der Waals surface area contributed by atoms with E-state index in [2.05, 4.69) is 0 Å². The Morgan fingerprint density at radius 1 is 1.40 bits per heavy atom. The Labute approximate surface area is 119 Å². The molecule has 5 nitrogen and oxygen atoms in total. The molecular weight excluding hydrogens is 256 g/mol. The second-order valence-electron chi connectivity index (χ2n) is 5.27. The molecule has 0 bridgehead atoms. The number of amides is 1. The van der Waals surface area contributed by atoms with E-state index in [-0.39, 0.29) is 18.1 Å². The number of carbonyl (C=O) groups excluding carboxylic acids is 1. The molecule has 20 heavy (non-hydrogen) atoms. The molecule has 1 N–H and O–H groups in total. The van der Waals surface area contributed by atoms with Crippen LogP contribution < -0.4 is 0 Å². The van der Waals surface area contributed by atoms with Gasteiger partial charge in [0.2, 0.25) is 5.91 Å². The maximum absolute atomic E-state index is 12.0. The third kappa shape index (κ3) is 3.36. The quantitative estimate of drug-likeness (QED) is 0.872. The van der Waals surface area contributed by atoms with E-state index in [1.165, 1.54) is 0 Å². The molecule has 0 aliphatic carbocycles. The SMILES string of the molecule is CN(C)C[C@@H]1OCCN(C(=O)CO)[C@H]1c1ccccc1. The molecular formula is C15H22N2O3. The van der Waals surface area contributed by atoms with Gasteiger partial charge in [0.25, 0.3) is 0 Å². The molecule has 1 heterocycles. The van der Waals surface area contributed by atoms with Gasteiger partial charge in [-0.2, -0.15) is 0 Å². The van der Waals surface area contributed by atoms with Crippen LogP contribution in [0.2, 0.25) is 0 Å². The number of ether oxygens (including phenoxy) is 1. The van der Waals surface area contributed by atoms with Crippen molar-refractivity contribution in [1.29, 1.82) is 0 Å². The summed E-state index contributed by atoms with van der Waals surface area (Å²) in [5.74, 6) is -0.245. The van der Waals surface area contributed by atoms with E-state index in [0.29, 0.717) is 13.2 Å². The first kappa shape index (κ1) is 15.0. The standard InChI is InChI=1S/C15H22N2O3/c1-16(2)10-13-15(12-6-4-3-5-7-12)17(8-9-20-13)14(19)11-18/h3-7,13,15,18H,8-11H2,1-2H3/t13-,15-/m0/s1. The predicted molar refractivity (Wildman–Crippen MR) is 76.3 cm³/mol. The number of likely N-dealkylation sites (N-methyl/N-ethyl adjacent to an activating group) is 1. The van der Waals surface area contributed by atoms with Crippen molar-refractivity contribution in [1.82, 2.24) is 9.80 Å². The fraction of sp³-hybridized carbons (Fsp3) is 0.533. The number of carbonyl (C=O) groups is 1. The van der Waals surface area contributed by atoms with Crippen molar-refractivity contribution in [3.8, 4) is 0 Å². The van der Waals surface area contributed by atoms with Crippen LogP contribution in [0.25, 0.3) is 0 Å². The van der Waals surface area contributed by atoms with E-state index in [1.807, 2.05) is 49.3 Å². The van der Waals surface area contributed by atoms with Gasteiger partial charge >= 0.3 is 0 Å². The van der Waals surface area contributed by atoms with Crippen LogP contribution in [0.1, 0.15) is 11.6 Å². The average molecular weight is 278 g/mol. The second kappa shape index (κ2) is 6.83. The lowest BCUT2D eigenvalue weighted by atomic mass is 9.97. The first-order valence-corrected chi connectivity index (χ1v) is 6.85. The minimum absolute atomic E-state index is 0.0864. The normalized spacial score (nSPS) is 23.1. The molecule has 1 aromatic carbocycles. The molecule has 1 saturated heterocycles. The summed E-state index contributed by atoms with van der Waals surface area (Å²) in [7, 11) is 3.97. The molecule has 1 aliphatic heterocycles. The zero-order valence-electron chi connectivity index (χ0n) is 12.0. The first-order chi connectivity index (χ1) is 9.63. The second-order valence-corrected chi connectivity index (χ2v) is 5.27. The molecule has 1 aromatic rings. The Bertz CT molecular complexity index is 436. The minimum Gasteiger partial charge on any atom is -0.387 e. The van der Waals surface area contributed by atoms with Gasteiger partial charge in [-0.3, -0.25) is 4.79 Å². The molecule has 110 valence electrons. The van der Waals surface area contributed by atoms with Gasteiger partial charge in [0, 0.05) is 13.1 Å². The Balaban J connectivity index is 2.30. The molecule has 2 rings (SSSR count). The lowest BCUT2D eigenvalue weighted by molar-refractivity contribution is -0.150. The molecule has 1 amide bonds. The van der Waals surface area contributed by atoms with Gasteiger partial charge in [0.15, 0.2) is 0 Å². The molecule has 0 saturated carbocycles. The van der Waals surface area contributed by atoms with Gasteiger partial charge in [-0.1, -0.05) is 30.3 Å². The van der Waals surface area contributed by atoms with E-state index in [0.717, 1.165) is 12.1 Å². The summed E-state index contributed by atoms with van der Waals surface area (Å²) < 4.78 is 5.86. The van der Waals surface area contributed by atoms with E-state index in [1.54, 1.807) is 4.90 Å². The summed E-state index contributed by atoms with van der Waals surface area (Å²) in [4.78, 5) is 15.8. The van der Waals surface area contributed by atoms with Crippen LogP contribution >= 0.6 is 0 Å². The highest BCUT2D eigenvalue weighted by Gasteiger charge is 2.36. The number of aliphatic hydroxyl groups is 1. The molecule has 0 spiro atoms. The summed E-state index contributed by atoms with van der Waals surface area (Å²) >= 11 is 0. The van der Waals surface area contributed by atoms with Crippen molar-refractivity contribution >= 4 is 5.91 Å². The third-order valence-electron chi connectivity index (χ3n) is 3.49. The topological polar surface area (TPSA) is 53.0 Å². The van der Waals surface area contributed by atoms with Gasteiger partial charge in [0.05, 0.1) is 18.8 Å². The van der Waals surface area contributed by atoms with Crippen molar-refractivity contribution in [2.75, 3.05) is 40.4 Å². The molecule has 0 aromatic heterocycles. The van der Waals surface area contributed by atoms with Crippen molar-refractivity contribution in [3.63, 3.8) is 0 Å². The summed E-state index contributed by atoms with van der Waals surface area (Å²) in [5, 5.41) is 9.18. The van der Waals surface area contributed by atoms with E-state index < -0.39 is 6.61 Å². The minimum atomic E-state index is -0.460. The number of morpholine rings is 1. The molecule has 0 radical (unpaired) electrons. The highest BCUT2D eigenvalue weighted by molar-refractivity contribution is 5.78. The fourth-order valence-corrected chi connectivity index (χ4v) is 2.66. The van der Waals surface area contributed by atoms with Crippen LogP contribution in [0.3, 0.4) is 0 Å². The fourth-order valence-electron chi connectivity index (χ4n) is 2.66. The smallest absolute Gasteiger partial charge is 0.248 e. The molecule has 5 heteroatoms.